The quantitative estimate of drug-likeness (QED) is 0.304. The standard InChI is InChI=1S/C27H34N2O6/c1-16(2)15-35-19-8-9-20(17(3)13-19)25(31)23-24(18-7-10-21(30)22(14-18)34-6)29(12-11-28(4)5)27(33)26(23)32/h7-10,13-14,16,23-24,30H,11-12,15H2,1-6H3/p+1. The molecule has 8 nitrogen and oxygen atoms in total. The van der Waals surface area contributed by atoms with Crippen molar-refractivity contribution in [1.29, 1.82) is 0 Å². The third kappa shape index (κ3) is 5.65. The maximum absolute atomic E-state index is 13.8. The van der Waals surface area contributed by atoms with Gasteiger partial charge in [-0.1, -0.05) is 19.9 Å². The Morgan fingerprint density at radius 1 is 1.14 bits per heavy atom. The highest BCUT2D eigenvalue weighted by Crippen LogP contribution is 2.41. The van der Waals surface area contributed by atoms with Gasteiger partial charge in [-0.15, -0.1) is 0 Å². The molecule has 2 N–H and O–H groups in total. The highest BCUT2D eigenvalue weighted by molar-refractivity contribution is 6.44. The highest BCUT2D eigenvalue weighted by Gasteiger charge is 2.52. The number of methoxy groups -OCH3 is 1. The lowest BCUT2D eigenvalue weighted by Gasteiger charge is -2.28. The van der Waals surface area contributed by atoms with Gasteiger partial charge in [0.05, 0.1) is 46.9 Å². The number of rotatable bonds is 10. The number of aryl methyl sites for hydroxylation is 1. The van der Waals surface area contributed by atoms with E-state index in [4.69, 9.17) is 9.47 Å². The monoisotopic (exact) mass is 483 g/mol. The Morgan fingerprint density at radius 3 is 2.46 bits per heavy atom. The van der Waals surface area contributed by atoms with Gasteiger partial charge in [0.1, 0.15) is 11.7 Å². The van der Waals surface area contributed by atoms with Crippen LogP contribution in [0.2, 0.25) is 0 Å². The predicted octanol–water partition coefficient (Wildman–Crippen LogP) is 1.84. The van der Waals surface area contributed by atoms with E-state index in [1.165, 1.54) is 18.1 Å². The highest BCUT2D eigenvalue weighted by atomic mass is 16.5. The van der Waals surface area contributed by atoms with Gasteiger partial charge in [-0.2, -0.15) is 0 Å². The molecule has 2 unspecified atom stereocenters. The van der Waals surface area contributed by atoms with Crippen LogP contribution in [0.15, 0.2) is 36.4 Å². The summed E-state index contributed by atoms with van der Waals surface area (Å²) in [6, 6.07) is 9.01. The van der Waals surface area contributed by atoms with E-state index >= 15 is 0 Å². The van der Waals surface area contributed by atoms with Gasteiger partial charge in [-0.3, -0.25) is 14.4 Å². The molecule has 1 fully saturated rings. The van der Waals surface area contributed by atoms with Crippen LogP contribution in [0.4, 0.5) is 0 Å². The van der Waals surface area contributed by atoms with Crippen LogP contribution in [0.5, 0.6) is 17.2 Å². The Kier molecular flexibility index (Phi) is 8.17. The number of nitrogens with zero attached hydrogens (tertiary/aromatic N) is 1. The third-order valence-corrected chi connectivity index (χ3v) is 6.13. The molecule has 2 atom stereocenters. The smallest absolute Gasteiger partial charge is 0.291 e. The van der Waals surface area contributed by atoms with Crippen molar-refractivity contribution in [3.8, 4) is 17.2 Å². The maximum atomic E-state index is 13.8. The second-order valence-corrected chi connectivity index (χ2v) is 9.72. The van der Waals surface area contributed by atoms with Crippen LogP contribution in [-0.4, -0.2) is 68.4 Å². The van der Waals surface area contributed by atoms with Crippen molar-refractivity contribution < 1.29 is 33.9 Å². The first-order valence-corrected chi connectivity index (χ1v) is 11.8. The molecular weight excluding hydrogens is 448 g/mol. The van der Waals surface area contributed by atoms with Crippen molar-refractivity contribution in [2.45, 2.75) is 26.8 Å². The van der Waals surface area contributed by atoms with Gasteiger partial charge in [-0.25, -0.2) is 0 Å². The molecule has 1 aliphatic heterocycles. The van der Waals surface area contributed by atoms with Gasteiger partial charge in [-0.05, 0) is 54.3 Å². The van der Waals surface area contributed by atoms with Crippen LogP contribution in [0.3, 0.4) is 0 Å². The molecule has 2 aromatic carbocycles. The Labute approximate surface area is 206 Å². The number of phenolic OH excluding ortho intramolecular Hbond substituents is 1. The zero-order chi connectivity index (χ0) is 25.9. The Bertz CT molecular complexity index is 1110. The first-order valence-electron chi connectivity index (χ1n) is 11.8. The number of ether oxygens (including phenoxy) is 2. The number of carbonyl (C=O) groups is 3. The minimum absolute atomic E-state index is 0.0631. The fourth-order valence-electron chi connectivity index (χ4n) is 4.25. The molecule has 1 amide bonds. The van der Waals surface area contributed by atoms with Crippen LogP contribution >= 0.6 is 0 Å². The van der Waals surface area contributed by atoms with Crippen molar-refractivity contribution in [2.24, 2.45) is 11.8 Å². The minimum atomic E-state index is -1.20. The summed E-state index contributed by atoms with van der Waals surface area (Å²) < 4.78 is 11.0. The number of hydrogen-bond donors (Lipinski definition) is 2. The lowest BCUT2D eigenvalue weighted by molar-refractivity contribution is -0.857. The molecule has 8 heteroatoms. The summed E-state index contributed by atoms with van der Waals surface area (Å²) in [7, 11) is 5.33. The molecule has 0 aliphatic carbocycles. The molecular formula is C27H35N2O6+. The first-order chi connectivity index (χ1) is 16.5. The lowest BCUT2D eigenvalue weighted by Crippen LogP contribution is -3.06. The molecule has 1 heterocycles. The van der Waals surface area contributed by atoms with Crippen molar-refractivity contribution in [1.82, 2.24) is 4.90 Å². The number of hydrogen-bond acceptors (Lipinski definition) is 6. The Morgan fingerprint density at radius 2 is 1.86 bits per heavy atom. The molecule has 188 valence electrons. The van der Waals surface area contributed by atoms with E-state index in [0.717, 1.165) is 4.90 Å². The number of aromatic hydroxyl groups is 1. The lowest BCUT2D eigenvalue weighted by atomic mass is 9.85. The number of amides is 1. The fraction of sp³-hybridized carbons (Fsp3) is 0.444. The Hall–Kier alpha value is -3.39. The summed E-state index contributed by atoms with van der Waals surface area (Å²) in [5.74, 6) is -1.85. The van der Waals surface area contributed by atoms with Crippen molar-refractivity contribution in [2.75, 3.05) is 40.9 Å². The van der Waals surface area contributed by atoms with Crippen molar-refractivity contribution in [3.63, 3.8) is 0 Å². The van der Waals surface area contributed by atoms with Gasteiger partial charge in [0.2, 0.25) is 5.78 Å². The Balaban J connectivity index is 2.02. The van der Waals surface area contributed by atoms with E-state index in [0.29, 0.717) is 48.1 Å². The third-order valence-electron chi connectivity index (χ3n) is 6.13. The fourth-order valence-corrected chi connectivity index (χ4v) is 4.25. The van der Waals surface area contributed by atoms with Crippen molar-refractivity contribution >= 4 is 17.5 Å². The first kappa shape index (κ1) is 26.2. The minimum Gasteiger partial charge on any atom is -0.504 e. The molecule has 1 aliphatic rings. The van der Waals surface area contributed by atoms with Crippen LogP contribution in [-0.2, 0) is 9.59 Å². The summed E-state index contributed by atoms with van der Waals surface area (Å²) in [5, 5.41) is 10.1. The van der Waals surface area contributed by atoms with Crippen LogP contribution in [0.1, 0.15) is 41.4 Å². The molecule has 35 heavy (non-hydrogen) atoms. The molecule has 0 aromatic heterocycles. The molecule has 0 spiro atoms. The number of phenols is 1. The van der Waals surface area contributed by atoms with Crippen LogP contribution in [0.25, 0.3) is 0 Å². The van der Waals surface area contributed by atoms with Gasteiger partial charge in [0.15, 0.2) is 17.3 Å². The van der Waals surface area contributed by atoms with Crippen molar-refractivity contribution in [3.05, 3.63) is 53.1 Å². The van der Waals surface area contributed by atoms with Crippen LogP contribution < -0.4 is 14.4 Å². The second kappa shape index (κ2) is 10.9. The van der Waals surface area contributed by atoms with E-state index in [2.05, 4.69) is 13.8 Å². The summed E-state index contributed by atoms with van der Waals surface area (Å²) in [5.41, 5.74) is 1.61. The second-order valence-electron chi connectivity index (χ2n) is 9.72. The molecule has 0 bridgehead atoms. The number of likely N-dealkylation sites (N-methyl/N-ethyl adjacent to an activating group) is 1. The molecule has 0 radical (unpaired) electrons. The number of benzene rings is 2. The summed E-state index contributed by atoms with van der Waals surface area (Å²) in [6.07, 6.45) is 0. The zero-order valence-electron chi connectivity index (χ0n) is 21.3. The largest absolute Gasteiger partial charge is 0.504 e. The number of quaternary nitrogens is 1. The van der Waals surface area contributed by atoms with E-state index in [1.807, 2.05) is 14.1 Å². The van der Waals surface area contributed by atoms with E-state index in [9.17, 15) is 19.5 Å². The van der Waals surface area contributed by atoms with E-state index in [-0.39, 0.29) is 11.5 Å². The average Bonchev–Trinajstić information content (AvgIpc) is 3.06. The molecule has 3 rings (SSSR count). The van der Waals surface area contributed by atoms with E-state index in [1.54, 1.807) is 37.3 Å². The van der Waals surface area contributed by atoms with Gasteiger partial charge in [0.25, 0.3) is 5.91 Å². The number of nitrogens with one attached hydrogen (secondary N) is 1. The number of ketones is 2. The SMILES string of the molecule is COc1cc(C2C(C(=O)c3ccc(OCC(C)C)cc3C)C(=O)C(=O)N2CC[NH+](C)C)ccc1O. The number of likely N-dealkylation sites (tertiary alicyclic amines) is 1. The predicted molar refractivity (Wildman–Crippen MR) is 131 cm³/mol. The zero-order valence-corrected chi connectivity index (χ0v) is 21.3. The van der Waals surface area contributed by atoms with E-state index < -0.39 is 29.4 Å². The summed E-state index contributed by atoms with van der Waals surface area (Å²) in [6.45, 7) is 7.36. The average molecular weight is 484 g/mol. The molecule has 0 saturated carbocycles. The van der Waals surface area contributed by atoms with Crippen LogP contribution in [0, 0.1) is 18.8 Å². The van der Waals surface area contributed by atoms with Gasteiger partial charge >= 0.3 is 0 Å². The normalized spacial score (nSPS) is 18.0. The maximum Gasteiger partial charge on any atom is 0.291 e. The topological polar surface area (TPSA) is 97.6 Å². The molecule has 2 aromatic rings. The molecule has 1 saturated heterocycles. The summed E-state index contributed by atoms with van der Waals surface area (Å²) >= 11 is 0. The van der Waals surface area contributed by atoms with Gasteiger partial charge in [0, 0.05) is 5.56 Å². The number of carbonyl (C=O) groups excluding carboxylic acids is 3. The van der Waals surface area contributed by atoms with Gasteiger partial charge < -0.3 is 24.4 Å². The summed E-state index contributed by atoms with van der Waals surface area (Å²) in [4.78, 5) is 42.6. The number of Topliss-reactive ketones (excluding diaryl/α,β-unsaturated/α-hetero) is 2.